The van der Waals surface area contributed by atoms with Gasteiger partial charge in [-0.15, -0.1) is 0 Å². The molecule has 4 atom stereocenters. The quantitative estimate of drug-likeness (QED) is 0.532. The number of allylic oxidation sites excluding steroid dienone is 8. The van der Waals surface area contributed by atoms with Gasteiger partial charge >= 0.3 is 122 Å². The Morgan fingerprint density at radius 3 is 2.50 bits per heavy atom. The molecule has 0 saturated heterocycles. The fourth-order valence-corrected chi connectivity index (χ4v) is 8.00. The van der Waals surface area contributed by atoms with Crippen molar-refractivity contribution >= 4 is 3.21 Å². The molecule has 0 heterocycles. The zero-order chi connectivity index (χ0) is 12.5. The summed E-state index contributed by atoms with van der Waals surface area (Å²) < 4.78 is 2.75. The maximum atomic E-state index is 2.50. The van der Waals surface area contributed by atoms with E-state index in [9.17, 15) is 0 Å². The molecule has 0 spiro atoms. The van der Waals surface area contributed by atoms with E-state index in [0.29, 0.717) is 0 Å². The average Bonchev–Trinajstić information content (AvgIpc) is 2.96. The van der Waals surface area contributed by atoms with E-state index in [0.717, 1.165) is 21.4 Å². The Labute approximate surface area is 146 Å². The van der Waals surface area contributed by atoms with Crippen molar-refractivity contribution in [2.75, 3.05) is 0 Å². The van der Waals surface area contributed by atoms with Gasteiger partial charge in [0, 0.05) is 0 Å². The van der Waals surface area contributed by atoms with Crippen LogP contribution in [0.4, 0.5) is 0 Å². The van der Waals surface area contributed by atoms with Gasteiger partial charge in [0.15, 0.2) is 0 Å². The van der Waals surface area contributed by atoms with Crippen LogP contribution in [0.2, 0.25) is 3.63 Å². The number of hydrogen-bond acceptors (Lipinski definition) is 0. The number of hydrogen-bond donors (Lipinski definition) is 0. The predicted molar refractivity (Wildman–Crippen MR) is 75.3 cm³/mol. The molecule has 1 fully saturated rings. The van der Waals surface area contributed by atoms with Crippen LogP contribution in [0.25, 0.3) is 0 Å². The van der Waals surface area contributed by atoms with E-state index in [-0.39, 0.29) is 47.6 Å². The molecule has 3 aliphatic rings. The van der Waals surface area contributed by atoms with E-state index in [1.165, 1.54) is 12.8 Å². The number of rotatable bonds is 2. The molecule has 1 saturated carbocycles. The van der Waals surface area contributed by atoms with Crippen LogP contribution in [-0.2, 0) is 22.8 Å². The van der Waals surface area contributed by atoms with Gasteiger partial charge in [0.05, 0.1) is 0 Å². The third kappa shape index (κ3) is 3.73. The molecule has 0 N–H and O–H groups in total. The first-order valence-corrected chi connectivity index (χ1v) is 9.68. The summed E-state index contributed by atoms with van der Waals surface area (Å²) in [5, 5.41) is 0. The first-order valence-electron chi connectivity index (χ1n) is 7.03. The van der Waals surface area contributed by atoms with Crippen molar-refractivity contribution in [1.29, 1.82) is 0 Å². The van der Waals surface area contributed by atoms with Crippen molar-refractivity contribution in [3.8, 4) is 0 Å². The Bertz CT molecular complexity index is 481. The molecule has 0 aromatic heterocycles. The SMILES string of the molecule is C[C](C)=[Zr+2][CH]1C(C2=CC=CC2)CC2C=CC=CC21.[Cl-].[Cl-]. The van der Waals surface area contributed by atoms with Gasteiger partial charge in [0.2, 0.25) is 0 Å². The molecule has 107 valence electrons. The zero-order valence-electron chi connectivity index (χ0n) is 12.0. The first-order chi connectivity index (χ1) is 8.75. The van der Waals surface area contributed by atoms with Crippen molar-refractivity contribution in [1.82, 2.24) is 0 Å². The summed E-state index contributed by atoms with van der Waals surface area (Å²) in [7, 11) is 0. The van der Waals surface area contributed by atoms with E-state index in [2.05, 4.69) is 56.4 Å². The van der Waals surface area contributed by atoms with Crippen LogP contribution in [0.3, 0.4) is 0 Å². The topological polar surface area (TPSA) is 0 Å². The number of halogens is 2. The molecular formula is C17H21Cl2Zr. The Morgan fingerprint density at radius 1 is 1.10 bits per heavy atom. The maximum absolute atomic E-state index is 2.50. The summed E-state index contributed by atoms with van der Waals surface area (Å²) in [6.07, 6.45) is 19.1. The average molecular weight is 387 g/mol. The van der Waals surface area contributed by atoms with Crippen molar-refractivity contribution in [3.05, 3.63) is 48.1 Å². The third-order valence-electron chi connectivity index (χ3n) is 4.40. The van der Waals surface area contributed by atoms with Gasteiger partial charge in [-0.05, 0) is 0 Å². The molecule has 0 aromatic carbocycles. The fourth-order valence-electron chi connectivity index (χ4n) is 3.65. The van der Waals surface area contributed by atoms with E-state index in [1.54, 1.807) is 8.78 Å². The van der Waals surface area contributed by atoms with Crippen molar-refractivity contribution in [3.63, 3.8) is 0 Å². The Hall–Kier alpha value is 0.293. The number of fused-ring (bicyclic) bond motifs is 1. The molecule has 0 bridgehead atoms. The molecule has 3 aliphatic carbocycles. The summed E-state index contributed by atoms with van der Waals surface area (Å²) >= 11 is -0.365. The molecule has 4 unspecified atom stereocenters. The van der Waals surface area contributed by atoms with Crippen molar-refractivity contribution in [2.45, 2.75) is 30.3 Å². The van der Waals surface area contributed by atoms with Crippen LogP contribution >= 0.6 is 0 Å². The summed E-state index contributed by atoms with van der Waals surface area (Å²) in [6, 6.07) is 0. The van der Waals surface area contributed by atoms with Crippen molar-refractivity contribution in [2.24, 2.45) is 17.8 Å². The van der Waals surface area contributed by atoms with Gasteiger partial charge in [0.25, 0.3) is 0 Å². The molecule has 3 heteroatoms. The first kappa shape index (κ1) is 18.3. The summed E-state index contributed by atoms with van der Waals surface area (Å²) in [5.74, 6) is 2.55. The predicted octanol–water partition coefficient (Wildman–Crippen LogP) is -1.66. The normalized spacial score (nSPS) is 32.8. The minimum atomic E-state index is -0.365. The van der Waals surface area contributed by atoms with Gasteiger partial charge < -0.3 is 24.8 Å². The van der Waals surface area contributed by atoms with Gasteiger partial charge in [0.1, 0.15) is 0 Å². The van der Waals surface area contributed by atoms with Crippen LogP contribution in [0.5, 0.6) is 0 Å². The Kier molecular flexibility index (Phi) is 7.40. The molecule has 0 aliphatic heterocycles. The Balaban J connectivity index is 0.000001000. The monoisotopic (exact) mass is 385 g/mol. The standard InChI is InChI=1S/C14H15.C3H6.2ClH.Zr/c1-2-6-11(5-1)14-9-12-7-3-4-8-13(12)10-14;1-3-2;;;/h1-5,7-9,12-14H,6,10H2;1-2H3;2*1H;/q;;;;+2/p-2. The molecule has 0 nitrogen and oxygen atoms in total. The fraction of sp³-hybridized carbons (Fsp3) is 0.471. The molecule has 3 rings (SSSR count). The van der Waals surface area contributed by atoms with E-state index in [1.807, 2.05) is 0 Å². The van der Waals surface area contributed by atoms with Gasteiger partial charge in [-0.2, -0.15) is 0 Å². The van der Waals surface area contributed by atoms with Crippen LogP contribution in [0.1, 0.15) is 26.7 Å². The maximum Gasteiger partial charge on any atom is -1.00 e. The molecular weight excluding hydrogens is 366 g/mol. The third-order valence-corrected chi connectivity index (χ3v) is 8.58. The van der Waals surface area contributed by atoms with Gasteiger partial charge in [-0.25, -0.2) is 0 Å². The van der Waals surface area contributed by atoms with Crippen LogP contribution in [-0.4, -0.2) is 3.21 Å². The van der Waals surface area contributed by atoms with Gasteiger partial charge in [-0.1, -0.05) is 0 Å². The van der Waals surface area contributed by atoms with Crippen LogP contribution in [0, 0.1) is 17.8 Å². The van der Waals surface area contributed by atoms with Crippen molar-refractivity contribution < 1.29 is 47.6 Å². The smallest absolute Gasteiger partial charge is 1.00 e. The van der Waals surface area contributed by atoms with Crippen LogP contribution in [0.15, 0.2) is 48.1 Å². The van der Waals surface area contributed by atoms with E-state index in [4.69, 9.17) is 0 Å². The van der Waals surface area contributed by atoms with E-state index < -0.39 is 0 Å². The molecule has 0 radical (unpaired) electrons. The largest absolute Gasteiger partial charge is 1.00 e. The molecule has 20 heavy (non-hydrogen) atoms. The molecule has 0 amide bonds. The second-order valence-electron chi connectivity index (χ2n) is 5.90. The van der Waals surface area contributed by atoms with Crippen LogP contribution < -0.4 is 24.8 Å². The van der Waals surface area contributed by atoms with Gasteiger partial charge in [-0.3, -0.25) is 0 Å². The zero-order valence-corrected chi connectivity index (χ0v) is 16.0. The van der Waals surface area contributed by atoms with E-state index >= 15 is 0 Å². The second kappa shape index (κ2) is 8.07. The summed E-state index contributed by atoms with van der Waals surface area (Å²) in [4.78, 5) is 0. The Morgan fingerprint density at radius 2 is 1.85 bits per heavy atom. The minimum absolute atomic E-state index is 0. The second-order valence-corrected chi connectivity index (χ2v) is 10.7. The molecule has 0 aromatic rings. The summed E-state index contributed by atoms with van der Waals surface area (Å²) in [6.45, 7) is 4.72. The minimum Gasteiger partial charge on any atom is -1.00 e. The summed E-state index contributed by atoms with van der Waals surface area (Å²) in [5.41, 5.74) is 1.72.